The first-order chi connectivity index (χ1) is 18.1. The Balaban J connectivity index is 1.50. The molecule has 1 N–H and O–H groups in total. The fraction of sp³-hybridized carbons (Fsp3) is 0.0909. The van der Waals surface area contributed by atoms with E-state index < -0.39 is 5.79 Å². The van der Waals surface area contributed by atoms with Gasteiger partial charge in [-0.1, -0.05) is 72.8 Å². The number of hydrogen-bond donors (Lipinski definition) is 1. The zero-order valence-electron chi connectivity index (χ0n) is 20.9. The van der Waals surface area contributed by atoms with Crippen LogP contribution < -0.4 is 0 Å². The molecule has 4 heteroatoms. The van der Waals surface area contributed by atoms with Crippen LogP contribution in [-0.4, -0.2) is 19.3 Å². The van der Waals surface area contributed by atoms with Gasteiger partial charge in [-0.25, -0.2) is 0 Å². The van der Waals surface area contributed by atoms with Crippen molar-refractivity contribution in [2.45, 2.75) is 20.5 Å². The topological polar surface area (TPSA) is 38.7 Å². The van der Waals surface area contributed by atoms with Crippen LogP contribution in [0.15, 0.2) is 148 Å². The van der Waals surface area contributed by atoms with Gasteiger partial charge in [0, 0.05) is 25.3 Å². The zero-order valence-corrected chi connectivity index (χ0v) is 21.7. The lowest BCUT2D eigenvalue weighted by Crippen LogP contribution is -2.32. The summed E-state index contributed by atoms with van der Waals surface area (Å²) in [5, 5.41) is 9.59. The number of benzene rings is 5. The first-order valence-corrected chi connectivity index (χ1v) is 13.3. The fourth-order valence-electron chi connectivity index (χ4n) is 4.59. The lowest BCUT2D eigenvalue weighted by atomic mass is 9.94. The van der Waals surface area contributed by atoms with Gasteiger partial charge in [0.2, 0.25) is 5.79 Å². The Morgan fingerprint density at radius 3 is 1.30 bits per heavy atom. The van der Waals surface area contributed by atoms with Crippen LogP contribution in [0, 0.1) is 0 Å². The molecule has 0 bridgehead atoms. The van der Waals surface area contributed by atoms with Gasteiger partial charge in [-0.2, -0.15) is 0 Å². The molecule has 0 spiro atoms. The number of phenols is 1. The van der Waals surface area contributed by atoms with E-state index in [1.54, 1.807) is 26.4 Å². The number of aromatic hydroxyl groups is 1. The van der Waals surface area contributed by atoms with Gasteiger partial charge in [-0.05, 0) is 71.8 Å². The largest absolute Gasteiger partial charge is 0.508 e. The highest BCUT2D eigenvalue weighted by Crippen LogP contribution is 2.37. The molecule has 0 heterocycles. The van der Waals surface area contributed by atoms with E-state index in [0.717, 1.165) is 22.3 Å². The molecule has 0 saturated heterocycles. The fourth-order valence-corrected chi connectivity index (χ4v) is 6.67. The van der Waals surface area contributed by atoms with Crippen molar-refractivity contribution in [3.05, 3.63) is 145 Å². The van der Waals surface area contributed by atoms with E-state index in [1.807, 2.05) is 36.4 Å². The average Bonchev–Trinajstić information content (AvgIpc) is 2.97. The van der Waals surface area contributed by atoms with Gasteiger partial charge in [0.25, 0.3) is 0 Å². The standard InChI is InChI=1S/C33H28O3S/c1-35-33(36-2,27-17-13-25(14-18-27)26-15-21-29(34)22-16-26)28-19-23-32(24-20-28)37(30-9-5-3-6-10-30)31-11-7-4-8-12-31/h3-24H,1-2H3/p+1. The number of phenolic OH excluding ortho intramolecular Hbond substituents is 1. The Hall–Kier alpha value is -3.83. The Labute approximate surface area is 221 Å². The van der Waals surface area contributed by atoms with Crippen LogP contribution in [0.4, 0.5) is 0 Å². The number of methoxy groups -OCH3 is 2. The first-order valence-electron chi connectivity index (χ1n) is 12.1. The number of hydrogen-bond acceptors (Lipinski definition) is 3. The first kappa shape index (κ1) is 24.8. The summed E-state index contributed by atoms with van der Waals surface area (Å²) in [6.45, 7) is 0. The molecule has 0 fully saturated rings. The highest BCUT2D eigenvalue weighted by atomic mass is 32.2. The molecule has 0 unspecified atom stereocenters. The third kappa shape index (κ3) is 5.05. The van der Waals surface area contributed by atoms with E-state index in [0.29, 0.717) is 0 Å². The Kier molecular flexibility index (Phi) is 7.42. The second-order valence-corrected chi connectivity index (χ2v) is 10.6. The molecule has 3 nitrogen and oxygen atoms in total. The van der Waals surface area contributed by atoms with E-state index in [9.17, 15) is 5.11 Å². The van der Waals surface area contributed by atoms with E-state index in [-0.39, 0.29) is 16.6 Å². The highest BCUT2D eigenvalue weighted by molar-refractivity contribution is 7.97. The van der Waals surface area contributed by atoms with Crippen LogP contribution in [0.5, 0.6) is 5.75 Å². The molecule has 0 saturated carbocycles. The van der Waals surface area contributed by atoms with Crippen molar-refractivity contribution in [1.82, 2.24) is 0 Å². The predicted octanol–water partition coefficient (Wildman–Crippen LogP) is 7.65. The highest BCUT2D eigenvalue weighted by Gasteiger charge is 2.36. The lowest BCUT2D eigenvalue weighted by molar-refractivity contribution is -0.183. The molecular formula is C33H29O3S+. The molecule has 0 aliphatic carbocycles. The maximum atomic E-state index is 9.59. The third-order valence-corrected chi connectivity index (χ3v) is 8.70. The summed E-state index contributed by atoms with van der Waals surface area (Å²) in [6, 6.07) is 45.1. The van der Waals surface area contributed by atoms with Gasteiger partial charge >= 0.3 is 0 Å². The molecule has 0 atom stereocenters. The Morgan fingerprint density at radius 2 is 0.865 bits per heavy atom. The minimum absolute atomic E-state index is 0.224. The van der Waals surface area contributed by atoms with Crippen molar-refractivity contribution < 1.29 is 14.6 Å². The van der Waals surface area contributed by atoms with Crippen molar-refractivity contribution in [1.29, 1.82) is 0 Å². The minimum atomic E-state index is -1.04. The molecule has 184 valence electrons. The van der Waals surface area contributed by atoms with Crippen molar-refractivity contribution in [3.63, 3.8) is 0 Å². The van der Waals surface area contributed by atoms with Crippen LogP contribution in [-0.2, 0) is 26.2 Å². The maximum Gasteiger partial charge on any atom is 0.221 e. The Morgan fingerprint density at radius 1 is 0.486 bits per heavy atom. The van der Waals surface area contributed by atoms with Gasteiger partial charge in [-0.15, -0.1) is 0 Å². The van der Waals surface area contributed by atoms with Crippen molar-refractivity contribution >= 4 is 10.9 Å². The maximum absolute atomic E-state index is 9.59. The lowest BCUT2D eigenvalue weighted by Gasteiger charge is -2.32. The van der Waals surface area contributed by atoms with Gasteiger partial charge in [0.15, 0.2) is 14.7 Å². The summed E-state index contributed by atoms with van der Waals surface area (Å²) in [4.78, 5) is 3.77. The summed E-state index contributed by atoms with van der Waals surface area (Å²) in [5.41, 5.74) is 3.90. The van der Waals surface area contributed by atoms with Crippen LogP contribution in [0.1, 0.15) is 11.1 Å². The Bertz CT molecular complexity index is 1370. The van der Waals surface area contributed by atoms with E-state index >= 15 is 0 Å². The van der Waals surface area contributed by atoms with Gasteiger partial charge in [0.1, 0.15) is 5.75 Å². The van der Waals surface area contributed by atoms with Gasteiger partial charge in [-0.3, -0.25) is 0 Å². The van der Waals surface area contributed by atoms with Crippen LogP contribution >= 0.6 is 0 Å². The molecule has 0 aromatic heterocycles. The summed E-state index contributed by atoms with van der Waals surface area (Å²) in [6.07, 6.45) is 0. The molecule has 37 heavy (non-hydrogen) atoms. The summed E-state index contributed by atoms with van der Waals surface area (Å²) in [5.74, 6) is -0.784. The second-order valence-electron chi connectivity index (χ2n) is 8.61. The smallest absolute Gasteiger partial charge is 0.221 e. The molecule has 0 aliphatic rings. The average molecular weight is 506 g/mol. The summed E-state index contributed by atoms with van der Waals surface area (Å²) < 4.78 is 12.1. The zero-order chi connectivity index (χ0) is 25.7. The summed E-state index contributed by atoms with van der Waals surface area (Å²) >= 11 is 0. The monoisotopic (exact) mass is 505 g/mol. The van der Waals surface area contributed by atoms with Crippen molar-refractivity contribution in [3.8, 4) is 16.9 Å². The quantitative estimate of drug-likeness (QED) is 0.174. The van der Waals surface area contributed by atoms with Crippen LogP contribution in [0.25, 0.3) is 11.1 Å². The minimum Gasteiger partial charge on any atom is -0.508 e. The molecule has 5 aromatic rings. The molecular weight excluding hydrogens is 476 g/mol. The second kappa shape index (κ2) is 11.1. The van der Waals surface area contributed by atoms with Gasteiger partial charge in [0.05, 0.1) is 10.9 Å². The molecule has 0 radical (unpaired) electrons. The van der Waals surface area contributed by atoms with E-state index in [1.165, 1.54) is 14.7 Å². The number of rotatable bonds is 8. The van der Waals surface area contributed by atoms with Crippen LogP contribution in [0.3, 0.4) is 0 Å². The normalized spacial score (nSPS) is 11.5. The molecule has 0 amide bonds. The SMILES string of the molecule is COC(OC)(c1ccc(-c2ccc(O)cc2)cc1)c1ccc([S+](c2ccccc2)c2ccccc2)cc1. The van der Waals surface area contributed by atoms with Crippen molar-refractivity contribution in [2.24, 2.45) is 0 Å². The van der Waals surface area contributed by atoms with E-state index in [2.05, 4.69) is 84.9 Å². The molecule has 0 aliphatic heterocycles. The van der Waals surface area contributed by atoms with Gasteiger partial charge < -0.3 is 14.6 Å². The molecule has 5 aromatic carbocycles. The third-order valence-electron chi connectivity index (χ3n) is 6.47. The predicted molar refractivity (Wildman–Crippen MR) is 150 cm³/mol. The molecule has 5 rings (SSSR count). The van der Waals surface area contributed by atoms with Crippen LogP contribution in [0.2, 0.25) is 0 Å². The summed E-state index contributed by atoms with van der Waals surface area (Å²) in [7, 11) is 3.12. The number of ether oxygens (including phenoxy) is 2. The van der Waals surface area contributed by atoms with E-state index in [4.69, 9.17) is 9.47 Å². The van der Waals surface area contributed by atoms with Crippen molar-refractivity contribution in [2.75, 3.05) is 14.2 Å².